The molecule has 19 heavy (non-hydrogen) atoms. The number of sulfonamides is 1. The van der Waals surface area contributed by atoms with Gasteiger partial charge in [0.25, 0.3) is 10.0 Å². The Bertz CT molecular complexity index is 593. The molecule has 0 amide bonds. The maximum Gasteiger partial charge on any atom is 0.324 e. The fraction of sp³-hybridized carbons (Fsp3) is 0.583. The summed E-state index contributed by atoms with van der Waals surface area (Å²) in [4.78, 5) is 12.4. The van der Waals surface area contributed by atoms with Crippen molar-refractivity contribution in [3.05, 3.63) is 17.0 Å². The Labute approximate surface area is 116 Å². The van der Waals surface area contributed by atoms with Crippen LogP contribution in [0.5, 0.6) is 0 Å². The number of hydrogen-bond donors (Lipinski definition) is 1. The first-order valence-electron chi connectivity index (χ1n) is 6.11. The quantitative estimate of drug-likeness (QED) is 0.927. The molecule has 1 fully saturated rings. The molecule has 0 saturated carbocycles. The molecule has 2 heterocycles. The lowest BCUT2D eigenvalue weighted by Crippen LogP contribution is -2.57. The highest BCUT2D eigenvalue weighted by molar-refractivity contribution is 7.91. The molecule has 1 aliphatic heterocycles. The van der Waals surface area contributed by atoms with Crippen molar-refractivity contribution in [3.63, 3.8) is 0 Å². The van der Waals surface area contributed by atoms with E-state index in [0.717, 1.165) is 15.6 Å². The number of piperidine rings is 1. The van der Waals surface area contributed by atoms with E-state index in [4.69, 9.17) is 0 Å². The minimum Gasteiger partial charge on any atom is -0.480 e. The summed E-state index contributed by atoms with van der Waals surface area (Å²) >= 11 is 1.18. The van der Waals surface area contributed by atoms with Crippen molar-refractivity contribution in [3.8, 4) is 0 Å². The summed E-state index contributed by atoms with van der Waals surface area (Å²) in [6, 6.07) is 3.28. The number of thiophene rings is 1. The number of carboxylic acids is 1. The second-order valence-corrected chi connectivity index (χ2v) is 8.36. The first-order chi connectivity index (χ1) is 8.78. The zero-order chi connectivity index (χ0) is 14.3. The van der Waals surface area contributed by atoms with Crippen LogP contribution in [0.2, 0.25) is 0 Å². The lowest BCUT2D eigenvalue weighted by atomic mass is 9.91. The summed E-state index contributed by atoms with van der Waals surface area (Å²) in [6.07, 6.45) is 1.79. The van der Waals surface area contributed by atoms with E-state index < -0.39 is 21.5 Å². The van der Waals surface area contributed by atoms with Crippen molar-refractivity contribution in [2.75, 3.05) is 6.54 Å². The molecule has 7 heteroatoms. The van der Waals surface area contributed by atoms with Gasteiger partial charge in [-0.25, -0.2) is 8.42 Å². The van der Waals surface area contributed by atoms with E-state index in [-0.39, 0.29) is 10.8 Å². The highest BCUT2D eigenvalue weighted by Crippen LogP contribution is 2.35. The van der Waals surface area contributed by atoms with Crippen molar-refractivity contribution < 1.29 is 18.3 Å². The topological polar surface area (TPSA) is 74.7 Å². The molecule has 0 aromatic carbocycles. The maximum absolute atomic E-state index is 12.6. The van der Waals surface area contributed by atoms with Crippen LogP contribution in [0.25, 0.3) is 0 Å². The Morgan fingerprint density at radius 2 is 2.11 bits per heavy atom. The minimum absolute atomic E-state index is 0.222. The third-order valence-electron chi connectivity index (χ3n) is 3.55. The fourth-order valence-corrected chi connectivity index (χ4v) is 5.56. The van der Waals surface area contributed by atoms with Crippen LogP contribution in [-0.4, -0.2) is 35.9 Å². The third kappa shape index (κ3) is 2.42. The molecule has 1 aromatic heterocycles. The van der Waals surface area contributed by atoms with E-state index in [2.05, 4.69) is 0 Å². The molecule has 1 atom stereocenters. The fourth-order valence-electron chi connectivity index (χ4n) is 2.35. The van der Waals surface area contributed by atoms with Crippen LogP contribution in [0, 0.1) is 6.92 Å². The number of nitrogens with zero attached hydrogens (tertiary/aromatic N) is 1. The van der Waals surface area contributed by atoms with Gasteiger partial charge in [0.15, 0.2) is 0 Å². The van der Waals surface area contributed by atoms with Crippen molar-refractivity contribution >= 4 is 27.3 Å². The zero-order valence-electron chi connectivity index (χ0n) is 10.9. The number of aliphatic carboxylic acids is 1. The molecular weight excluding hydrogens is 286 g/mol. The van der Waals surface area contributed by atoms with Crippen LogP contribution >= 0.6 is 11.3 Å². The van der Waals surface area contributed by atoms with Crippen LogP contribution in [-0.2, 0) is 14.8 Å². The molecule has 0 aliphatic carbocycles. The molecule has 1 N–H and O–H groups in total. The largest absolute Gasteiger partial charge is 0.480 e. The second kappa shape index (κ2) is 4.88. The Balaban J connectivity index is 2.46. The molecule has 1 saturated heterocycles. The van der Waals surface area contributed by atoms with Crippen LogP contribution in [0.1, 0.15) is 31.1 Å². The number of aryl methyl sites for hydroxylation is 1. The summed E-state index contributed by atoms with van der Waals surface area (Å²) in [5.41, 5.74) is -1.34. The van der Waals surface area contributed by atoms with Crippen molar-refractivity contribution in [1.29, 1.82) is 0 Å². The Kier molecular flexibility index (Phi) is 3.72. The van der Waals surface area contributed by atoms with E-state index in [1.165, 1.54) is 18.3 Å². The van der Waals surface area contributed by atoms with Gasteiger partial charge in [-0.15, -0.1) is 11.3 Å². The van der Waals surface area contributed by atoms with Gasteiger partial charge < -0.3 is 5.11 Å². The van der Waals surface area contributed by atoms with E-state index in [9.17, 15) is 18.3 Å². The minimum atomic E-state index is -3.72. The van der Waals surface area contributed by atoms with E-state index in [1.807, 2.05) is 6.92 Å². The van der Waals surface area contributed by atoms with Crippen molar-refractivity contribution in [1.82, 2.24) is 4.31 Å². The average Bonchev–Trinajstić information content (AvgIpc) is 2.76. The number of carboxylic acid groups (broad SMARTS) is 1. The van der Waals surface area contributed by atoms with Crippen LogP contribution in [0.4, 0.5) is 0 Å². The number of carbonyl (C=O) groups is 1. The predicted molar refractivity (Wildman–Crippen MR) is 72.8 cm³/mol. The van der Waals surface area contributed by atoms with Gasteiger partial charge in [-0.2, -0.15) is 4.31 Å². The van der Waals surface area contributed by atoms with Gasteiger partial charge in [-0.1, -0.05) is 0 Å². The monoisotopic (exact) mass is 303 g/mol. The smallest absolute Gasteiger partial charge is 0.324 e. The molecule has 2 rings (SSSR count). The Morgan fingerprint density at radius 3 is 2.63 bits per heavy atom. The second-order valence-electron chi connectivity index (χ2n) is 4.98. The normalized spacial score (nSPS) is 25.4. The Morgan fingerprint density at radius 1 is 1.42 bits per heavy atom. The number of hydrogen-bond acceptors (Lipinski definition) is 4. The molecule has 1 aromatic rings. The maximum atomic E-state index is 12.6. The van der Waals surface area contributed by atoms with E-state index >= 15 is 0 Å². The lowest BCUT2D eigenvalue weighted by Gasteiger charge is -2.39. The summed E-state index contributed by atoms with van der Waals surface area (Å²) < 4.78 is 26.6. The summed E-state index contributed by atoms with van der Waals surface area (Å²) in [6.45, 7) is 3.59. The van der Waals surface area contributed by atoms with E-state index in [0.29, 0.717) is 12.8 Å². The standard InChI is InChI=1S/C12H17NO4S2/c1-9-5-6-10(18-9)19(16,17)13-8-4-3-7-12(13,2)11(14)15/h5-6H,3-4,7-8H2,1-2H3,(H,14,15). The van der Waals surface area contributed by atoms with Gasteiger partial charge in [0.2, 0.25) is 0 Å². The van der Waals surface area contributed by atoms with Crippen LogP contribution < -0.4 is 0 Å². The van der Waals surface area contributed by atoms with E-state index in [1.54, 1.807) is 12.1 Å². The molecular formula is C12H17NO4S2. The molecule has 1 unspecified atom stereocenters. The van der Waals surface area contributed by atoms with Gasteiger partial charge in [-0.05, 0) is 45.2 Å². The molecule has 106 valence electrons. The molecule has 1 aliphatic rings. The highest BCUT2D eigenvalue weighted by Gasteiger charge is 2.48. The summed E-state index contributed by atoms with van der Waals surface area (Å²) in [5.74, 6) is -1.08. The lowest BCUT2D eigenvalue weighted by molar-refractivity contribution is -0.149. The van der Waals surface area contributed by atoms with Gasteiger partial charge in [0.05, 0.1) is 0 Å². The third-order valence-corrected chi connectivity index (χ3v) is 7.03. The zero-order valence-corrected chi connectivity index (χ0v) is 12.6. The first-order valence-corrected chi connectivity index (χ1v) is 8.37. The number of rotatable bonds is 3. The molecule has 5 nitrogen and oxygen atoms in total. The average molecular weight is 303 g/mol. The van der Waals surface area contributed by atoms with Gasteiger partial charge in [-0.3, -0.25) is 4.79 Å². The SMILES string of the molecule is Cc1ccc(S(=O)(=O)N2CCCCC2(C)C(=O)O)s1. The van der Waals surface area contributed by atoms with Gasteiger partial charge >= 0.3 is 5.97 Å². The van der Waals surface area contributed by atoms with Gasteiger partial charge in [0, 0.05) is 11.4 Å². The van der Waals surface area contributed by atoms with Crippen LogP contribution in [0.15, 0.2) is 16.3 Å². The van der Waals surface area contributed by atoms with Gasteiger partial charge in [0.1, 0.15) is 9.75 Å². The highest BCUT2D eigenvalue weighted by atomic mass is 32.2. The summed E-state index contributed by atoms with van der Waals surface area (Å²) in [7, 11) is -3.72. The first kappa shape index (κ1) is 14.5. The van der Waals surface area contributed by atoms with Crippen molar-refractivity contribution in [2.45, 2.75) is 42.9 Å². The Hall–Kier alpha value is -0.920. The summed E-state index contributed by atoms with van der Waals surface area (Å²) in [5, 5.41) is 9.38. The molecule has 0 spiro atoms. The molecule has 0 bridgehead atoms. The van der Waals surface area contributed by atoms with Crippen LogP contribution in [0.3, 0.4) is 0 Å². The molecule has 0 radical (unpaired) electrons. The van der Waals surface area contributed by atoms with Crippen molar-refractivity contribution in [2.24, 2.45) is 0 Å². The predicted octanol–water partition coefficient (Wildman–Crippen LogP) is 2.07.